The quantitative estimate of drug-likeness (QED) is 0.605. The summed E-state index contributed by atoms with van der Waals surface area (Å²) >= 11 is 1.72. The number of amides is 1. The summed E-state index contributed by atoms with van der Waals surface area (Å²) in [6, 6.07) is 16.3. The third kappa shape index (κ3) is 4.35. The van der Waals surface area contributed by atoms with Crippen LogP contribution in [0.5, 0.6) is 0 Å². The number of hydrogen-bond donors (Lipinski definition) is 1. The Morgan fingerprint density at radius 1 is 1.17 bits per heavy atom. The maximum atomic E-state index is 13.1. The molecule has 1 amide bonds. The van der Waals surface area contributed by atoms with E-state index in [1.54, 1.807) is 18.3 Å². The molecule has 1 N–H and O–H groups in total. The van der Waals surface area contributed by atoms with Crippen LogP contribution in [0.1, 0.15) is 36.5 Å². The molecule has 150 valence electrons. The smallest absolute Gasteiger partial charge is 0.306 e. The van der Waals surface area contributed by atoms with Crippen molar-refractivity contribution in [2.24, 2.45) is 11.8 Å². The fourth-order valence-corrected chi connectivity index (χ4v) is 5.02. The lowest BCUT2D eigenvalue weighted by atomic mass is 9.88. The van der Waals surface area contributed by atoms with Gasteiger partial charge in [-0.05, 0) is 71.3 Å². The minimum Gasteiger partial charge on any atom is -0.481 e. The van der Waals surface area contributed by atoms with Crippen LogP contribution in [0.3, 0.4) is 0 Å². The Morgan fingerprint density at radius 3 is 2.83 bits per heavy atom. The maximum Gasteiger partial charge on any atom is 0.306 e. The van der Waals surface area contributed by atoms with Crippen LogP contribution in [-0.4, -0.2) is 35.0 Å². The Labute approximate surface area is 174 Å². The van der Waals surface area contributed by atoms with Crippen molar-refractivity contribution in [1.82, 2.24) is 4.90 Å². The van der Waals surface area contributed by atoms with Gasteiger partial charge in [0.15, 0.2) is 0 Å². The predicted molar refractivity (Wildman–Crippen MR) is 117 cm³/mol. The van der Waals surface area contributed by atoms with E-state index in [2.05, 4.69) is 29.6 Å². The number of carboxylic acids is 1. The molecule has 0 saturated carbocycles. The zero-order valence-corrected chi connectivity index (χ0v) is 17.3. The van der Waals surface area contributed by atoms with Crippen molar-refractivity contribution in [2.75, 3.05) is 13.1 Å². The van der Waals surface area contributed by atoms with E-state index in [4.69, 9.17) is 0 Å². The van der Waals surface area contributed by atoms with E-state index in [-0.39, 0.29) is 17.7 Å². The van der Waals surface area contributed by atoms with E-state index in [0.29, 0.717) is 18.5 Å². The largest absolute Gasteiger partial charge is 0.481 e. The summed E-state index contributed by atoms with van der Waals surface area (Å²) in [6.45, 7) is 3.13. The first-order valence-electron chi connectivity index (χ1n) is 10.1. The highest BCUT2D eigenvalue weighted by atomic mass is 32.1. The number of carboxylic acid groups (broad SMARTS) is 1. The molecule has 3 aromatic rings. The van der Waals surface area contributed by atoms with Gasteiger partial charge < -0.3 is 10.0 Å². The van der Waals surface area contributed by atoms with Crippen molar-refractivity contribution >= 4 is 33.3 Å². The van der Waals surface area contributed by atoms with E-state index >= 15 is 0 Å². The molecule has 2 heterocycles. The summed E-state index contributed by atoms with van der Waals surface area (Å²) < 4.78 is 1.24. The molecule has 2 unspecified atom stereocenters. The molecule has 4 nitrogen and oxygen atoms in total. The average Bonchev–Trinajstić information content (AvgIpc) is 3.21. The van der Waals surface area contributed by atoms with Crippen LogP contribution in [0.25, 0.3) is 21.2 Å². The molecule has 1 fully saturated rings. The number of hydrogen-bond acceptors (Lipinski definition) is 3. The molecule has 0 radical (unpaired) electrons. The standard InChI is InChI=1S/C24H25NO3S/c1-16(24(27)28)12-17-4-3-10-25(15-17)23(26)21-6-2-5-19(13-21)20-8-7-18-9-11-29-22(18)14-20/h2,5-9,11,13-14,16-17H,3-4,10,12,15H2,1H3,(H,27,28). The van der Waals surface area contributed by atoms with Crippen LogP contribution in [0.4, 0.5) is 0 Å². The molecule has 1 aliphatic heterocycles. The first-order valence-corrected chi connectivity index (χ1v) is 11.0. The lowest BCUT2D eigenvalue weighted by Crippen LogP contribution is -2.40. The number of aliphatic carboxylic acids is 1. The van der Waals surface area contributed by atoms with Gasteiger partial charge in [0, 0.05) is 23.4 Å². The monoisotopic (exact) mass is 407 g/mol. The third-order valence-electron chi connectivity index (χ3n) is 5.81. The summed E-state index contributed by atoms with van der Waals surface area (Å²) in [5.74, 6) is -0.839. The summed E-state index contributed by atoms with van der Waals surface area (Å²) in [5, 5.41) is 12.5. The minimum atomic E-state index is -0.760. The van der Waals surface area contributed by atoms with Crippen molar-refractivity contribution in [2.45, 2.75) is 26.2 Å². The maximum absolute atomic E-state index is 13.1. The van der Waals surface area contributed by atoms with Gasteiger partial charge in [-0.3, -0.25) is 9.59 Å². The second kappa shape index (κ2) is 8.37. The zero-order valence-electron chi connectivity index (χ0n) is 16.5. The highest BCUT2D eigenvalue weighted by Crippen LogP contribution is 2.29. The molecule has 5 heteroatoms. The minimum absolute atomic E-state index is 0.0386. The molecule has 2 atom stereocenters. The number of carbonyl (C=O) groups is 2. The topological polar surface area (TPSA) is 57.6 Å². The van der Waals surface area contributed by atoms with E-state index in [9.17, 15) is 14.7 Å². The van der Waals surface area contributed by atoms with Crippen molar-refractivity contribution < 1.29 is 14.7 Å². The molecule has 1 aliphatic rings. The summed E-state index contributed by atoms with van der Waals surface area (Å²) in [6.07, 6.45) is 2.54. The second-order valence-corrected chi connectivity index (χ2v) is 8.94. The Morgan fingerprint density at radius 2 is 2.00 bits per heavy atom. The second-order valence-electron chi connectivity index (χ2n) is 7.99. The summed E-state index contributed by atoms with van der Waals surface area (Å²) in [4.78, 5) is 26.2. The van der Waals surface area contributed by atoms with Gasteiger partial charge in [0.2, 0.25) is 0 Å². The molecule has 2 aromatic carbocycles. The number of piperidine rings is 1. The van der Waals surface area contributed by atoms with Crippen molar-refractivity contribution in [3.63, 3.8) is 0 Å². The molecule has 1 aromatic heterocycles. The molecule has 0 bridgehead atoms. The predicted octanol–water partition coefficient (Wildman–Crippen LogP) is 5.53. The van der Waals surface area contributed by atoms with Crippen molar-refractivity contribution in [3.05, 3.63) is 59.5 Å². The highest BCUT2D eigenvalue weighted by Gasteiger charge is 2.27. The number of carbonyl (C=O) groups excluding carboxylic acids is 1. The summed E-state index contributed by atoms with van der Waals surface area (Å²) in [7, 11) is 0. The number of thiophene rings is 1. The van der Waals surface area contributed by atoms with E-state index in [0.717, 1.165) is 30.5 Å². The van der Waals surface area contributed by atoms with Gasteiger partial charge in [0.1, 0.15) is 0 Å². The van der Waals surface area contributed by atoms with Crippen LogP contribution in [0.15, 0.2) is 53.9 Å². The van der Waals surface area contributed by atoms with Gasteiger partial charge in [-0.2, -0.15) is 0 Å². The Balaban J connectivity index is 1.51. The first-order chi connectivity index (χ1) is 14.0. The summed E-state index contributed by atoms with van der Waals surface area (Å²) in [5.41, 5.74) is 2.85. The van der Waals surface area contributed by atoms with E-state index in [1.165, 1.54) is 10.1 Å². The van der Waals surface area contributed by atoms with E-state index < -0.39 is 5.97 Å². The molecule has 29 heavy (non-hydrogen) atoms. The van der Waals surface area contributed by atoms with Gasteiger partial charge in [0.25, 0.3) is 5.91 Å². The van der Waals surface area contributed by atoms with Gasteiger partial charge >= 0.3 is 5.97 Å². The van der Waals surface area contributed by atoms with Gasteiger partial charge in [-0.1, -0.05) is 31.2 Å². The van der Waals surface area contributed by atoms with Crippen LogP contribution < -0.4 is 0 Å². The van der Waals surface area contributed by atoms with Crippen LogP contribution in [0, 0.1) is 11.8 Å². The first kappa shape index (κ1) is 19.6. The van der Waals surface area contributed by atoms with E-state index in [1.807, 2.05) is 29.2 Å². The van der Waals surface area contributed by atoms with Gasteiger partial charge in [-0.15, -0.1) is 11.3 Å². The fraction of sp³-hybridized carbons (Fsp3) is 0.333. The Kier molecular flexibility index (Phi) is 5.67. The number of likely N-dealkylation sites (tertiary alicyclic amines) is 1. The SMILES string of the molecule is CC(CC1CCCN(C(=O)c2cccc(-c3ccc4ccsc4c3)c2)C1)C(=O)O. The highest BCUT2D eigenvalue weighted by molar-refractivity contribution is 7.17. The van der Waals surface area contributed by atoms with Crippen molar-refractivity contribution in [3.8, 4) is 11.1 Å². The third-order valence-corrected chi connectivity index (χ3v) is 6.69. The lowest BCUT2D eigenvalue weighted by Gasteiger charge is -2.33. The van der Waals surface area contributed by atoms with Crippen LogP contribution in [0.2, 0.25) is 0 Å². The molecule has 0 aliphatic carbocycles. The molecule has 4 rings (SSSR count). The normalized spacial score (nSPS) is 18.0. The number of fused-ring (bicyclic) bond motifs is 1. The van der Waals surface area contributed by atoms with Crippen LogP contribution in [-0.2, 0) is 4.79 Å². The van der Waals surface area contributed by atoms with Crippen molar-refractivity contribution in [1.29, 1.82) is 0 Å². The zero-order chi connectivity index (χ0) is 20.4. The molecule has 1 saturated heterocycles. The van der Waals surface area contributed by atoms with Crippen LogP contribution >= 0.6 is 11.3 Å². The number of rotatable bonds is 5. The molecular formula is C24H25NO3S. The number of benzene rings is 2. The molecular weight excluding hydrogens is 382 g/mol. The lowest BCUT2D eigenvalue weighted by molar-refractivity contribution is -0.141. The average molecular weight is 408 g/mol. The molecule has 0 spiro atoms. The van der Waals surface area contributed by atoms with Gasteiger partial charge in [0.05, 0.1) is 5.92 Å². The van der Waals surface area contributed by atoms with Gasteiger partial charge in [-0.25, -0.2) is 0 Å². The number of nitrogens with zero attached hydrogens (tertiary/aromatic N) is 1. The Bertz CT molecular complexity index is 1040. The fourth-order valence-electron chi connectivity index (χ4n) is 4.19. The Hall–Kier alpha value is -2.66.